The first-order valence-corrected chi connectivity index (χ1v) is 13.0. The second-order valence-corrected chi connectivity index (χ2v) is 10.7. The lowest BCUT2D eigenvalue weighted by molar-refractivity contribution is -0.112. The van der Waals surface area contributed by atoms with Gasteiger partial charge >= 0.3 is 0 Å². The highest BCUT2D eigenvalue weighted by molar-refractivity contribution is 6.18. The highest BCUT2D eigenvalue weighted by atomic mass is 16.5. The van der Waals surface area contributed by atoms with Crippen LogP contribution in [0.25, 0.3) is 0 Å². The molecule has 5 nitrogen and oxygen atoms in total. The molecule has 0 aliphatic heterocycles. The summed E-state index contributed by atoms with van der Waals surface area (Å²) in [6.45, 7) is 20.3. The minimum atomic E-state index is -0.533. The van der Waals surface area contributed by atoms with Gasteiger partial charge in [0.2, 0.25) is 0 Å². The van der Waals surface area contributed by atoms with Crippen LogP contribution in [0.2, 0.25) is 0 Å². The molecule has 1 fully saturated rings. The number of hydrogen-bond acceptors (Lipinski definition) is 4. The lowest BCUT2D eigenvalue weighted by Gasteiger charge is -2.19. The molecule has 0 heterocycles. The van der Waals surface area contributed by atoms with E-state index < -0.39 is 6.10 Å². The number of hydrogen-bond donors (Lipinski definition) is 2. The van der Waals surface area contributed by atoms with E-state index in [9.17, 15) is 9.90 Å². The maximum absolute atomic E-state index is 13.5. The van der Waals surface area contributed by atoms with Gasteiger partial charge in [0.15, 0.2) is 0 Å². The number of amides is 1. The Morgan fingerprint density at radius 2 is 1.73 bits per heavy atom. The molecule has 5 heteroatoms. The minimum absolute atomic E-state index is 0.203. The summed E-state index contributed by atoms with van der Waals surface area (Å²) in [5.41, 5.74) is 6.03. The summed E-state index contributed by atoms with van der Waals surface area (Å²) in [6, 6.07) is 7.53. The topological polar surface area (TPSA) is 70.9 Å². The standard InChI is InChI=1S/C27H36N2O3.C5H10/c1-9-28-22(7)26(21(6)18(2)3)25(19(4)11-10-12-20(5)30)27(31)29-24-15-13-23(14-16-24)17-32-8;1-5(2)3-4-5/h9,13-16,18,20,30H,1,12,17H2,2-8H3,(H,29,31);3-4H2,1-2H3/b25-19-,26-21-,28-22?;. The Bertz CT molecular complexity index is 1070. The average Bonchev–Trinajstić information content (AvgIpc) is 3.52. The molecule has 0 bridgehead atoms. The smallest absolute Gasteiger partial charge is 0.257 e. The van der Waals surface area contributed by atoms with Crippen LogP contribution in [-0.2, 0) is 16.1 Å². The Morgan fingerprint density at radius 3 is 2.16 bits per heavy atom. The number of nitrogens with one attached hydrogen (secondary N) is 1. The molecule has 0 aromatic heterocycles. The Balaban J connectivity index is 0.00000121. The van der Waals surface area contributed by atoms with Gasteiger partial charge in [-0.1, -0.05) is 63.8 Å². The van der Waals surface area contributed by atoms with Crippen LogP contribution in [0, 0.1) is 23.2 Å². The van der Waals surface area contributed by atoms with Gasteiger partial charge in [-0.3, -0.25) is 9.79 Å². The van der Waals surface area contributed by atoms with Crippen LogP contribution in [0.1, 0.15) is 80.2 Å². The molecule has 2 rings (SSSR count). The van der Waals surface area contributed by atoms with Crippen LogP contribution in [0.3, 0.4) is 0 Å². The molecule has 1 unspecified atom stereocenters. The number of aliphatic imine (C=N–C) groups is 1. The van der Waals surface area contributed by atoms with Gasteiger partial charge in [-0.15, -0.1) is 0 Å². The molecule has 1 aliphatic rings. The maximum Gasteiger partial charge on any atom is 0.257 e. The molecule has 202 valence electrons. The third kappa shape index (κ3) is 11.8. The number of nitrogens with zero attached hydrogens (tertiary/aromatic N) is 1. The van der Waals surface area contributed by atoms with Crippen molar-refractivity contribution in [1.29, 1.82) is 0 Å². The fraction of sp³-hybridized carbons (Fsp3) is 0.500. The zero-order valence-corrected chi connectivity index (χ0v) is 24.3. The first-order chi connectivity index (χ1) is 17.3. The van der Waals surface area contributed by atoms with Crippen LogP contribution in [0.15, 0.2) is 64.3 Å². The number of allylic oxidation sites excluding steroid dienone is 2. The highest BCUT2D eigenvalue weighted by Gasteiger charge is 2.30. The molecule has 1 atom stereocenters. The van der Waals surface area contributed by atoms with E-state index in [0.717, 1.165) is 22.1 Å². The summed E-state index contributed by atoms with van der Waals surface area (Å²) in [4.78, 5) is 17.9. The number of methoxy groups -OCH3 is 1. The molecule has 1 aromatic carbocycles. The third-order valence-electron chi connectivity index (χ3n) is 6.21. The van der Waals surface area contributed by atoms with Crippen LogP contribution in [0.5, 0.6) is 0 Å². The number of aliphatic hydroxyl groups excluding tert-OH is 1. The minimum Gasteiger partial charge on any atom is -0.392 e. The summed E-state index contributed by atoms with van der Waals surface area (Å²) < 4.78 is 5.15. The number of anilines is 1. The number of benzene rings is 1. The monoisotopic (exact) mass is 506 g/mol. The number of carbonyl (C=O) groups is 1. The van der Waals surface area contributed by atoms with E-state index in [1.54, 1.807) is 14.0 Å². The van der Waals surface area contributed by atoms with E-state index >= 15 is 0 Å². The van der Waals surface area contributed by atoms with E-state index in [1.165, 1.54) is 19.0 Å². The predicted octanol–water partition coefficient (Wildman–Crippen LogP) is 7.25. The molecule has 1 amide bonds. The normalized spacial score (nSPS) is 16.2. The molecule has 0 spiro atoms. The third-order valence-corrected chi connectivity index (χ3v) is 6.21. The van der Waals surface area contributed by atoms with Gasteiger partial charge in [-0.25, -0.2) is 0 Å². The summed E-state index contributed by atoms with van der Waals surface area (Å²) in [6.07, 6.45) is 4.17. The van der Waals surface area contributed by atoms with Crippen molar-refractivity contribution in [3.05, 3.63) is 64.9 Å². The molecule has 1 aromatic rings. The van der Waals surface area contributed by atoms with Crippen LogP contribution in [-0.4, -0.2) is 29.9 Å². The van der Waals surface area contributed by atoms with Gasteiger partial charge in [-0.2, -0.15) is 0 Å². The number of carbonyl (C=O) groups excluding carboxylic acids is 1. The van der Waals surface area contributed by atoms with E-state index in [0.29, 0.717) is 35.6 Å². The first kappa shape index (κ1) is 32.1. The fourth-order valence-electron chi connectivity index (χ4n) is 3.31. The van der Waals surface area contributed by atoms with E-state index in [4.69, 9.17) is 4.74 Å². The Labute approximate surface area is 224 Å². The molecule has 1 saturated carbocycles. The van der Waals surface area contributed by atoms with Gasteiger partial charge in [0.05, 0.1) is 18.3 Å². The SMILES string of the molecule is C=CN=C(C)C(/C(C(=O)Nc1ccc(COC)cc1)=C(\C)C#CCC(C)O)=C(\C)C(C)C.CC1(C)CC1. The average molecular weight is 507 g/mol. The highest BCUT2D eigenvalue weighted by Crippen LogP contribution is 2.43. The number of aliphatic hydroxyl groups is 1. The van der Waals surface area contributed by atoms with Crippen LogP contribution in [0.4, 0.5) is 5.69 Å². The number of ether oxygens (including phenoxy) is 1. The van der Waals surface area contributed by atoms with Crippen molar-refractivity contribution in [3.63, 3.8) is 0 Å². The fourth-order valence-corrected chi connectivity index (χ4v) is 3.31. The van der Waals surface area contributed by atoms with E-state index in [2.05, 4.69) is 56.4 Å². The zero-order valence-electron chi connectivity index (χ0n) is 24.3. The van der Waals surface area contributed by atoms with Gasteiger partial charge < -0.3 is 15.2 Å². The van der Waals surface area contributed by atoms with Crippen molar-refractivity contribution >= 4 is 17.3 Å². The van der Waals surface area contributed by atoms with Crippen molar-refractivity contribution in [2.45, 2.75) is 87.4 Å². The molecule has 0 saturated heterocycles. The molecular weight excluding hydrogens is 460 g/mol. The summed E-state index contributed by atoms with van der Waals surface area (Å²) in [5.74, 6) is 5.96. The van der Waals surface area contributed by atoms with Crippen molar-refractivity contribution in [3.8, 4) is 11.8 Å². The van der Waals surface area contributed by atoms with Gasteiger partial charge in [0, 0.05) is 42.3 Å². The number of rotatable bonds is 9. The van der Waals surface area contributed by atoms with Crippen molar-refractivity contribution in [2.24, 2.45) is 16.3 Å². The maximum atomic E-state index is 13.5. The molecule has 37 heavy (non-hydrogen) atoms. The first-order valence-electron chi connectivity index (χ1n) is 13.0. The zero-order chi connectivity index (χ0) is 28.2. The van der Waals surface area contributed by atoms with Gasteiger partial charge in [0.1, 0.15) is 0 Å². The van der Waals surface area contributed by atoms with Crippen LogP contribution >= 0.6 is 0 Å². The lowest BCUT2D eigenvalue weighted by Crippen LogP contribution is -2.21. The molecule has 2 N–H and O–H groups in total. The van der Waals surface area contributed by atoms with Gasteiger partial charge in [0.25, 0.3) is 5.91 Å². The predicted molar refractivity (Wildman–Crippen MR) is 156 cm³/mol. The largest absolute Gasteiger partial charge is 0.392 e. The second-order valence-electron chi connectivity index (χ2n) is 10.7. The second kappa shape index (κ2) is 15.3. The summed E-state index contributed by atoms with van der Waals surface area (Å²) in [7, 11) is 1.65. The van der Waals surface area contributed by atoms with Crippen molar-refractivity contribution in [1.82, 2.24) is 0 Å². The Kier molecular flexibility index (Phi) is 13.3. The lowest BCUT2D eigenvalue weighted by atomic mass is 9.88. The molecule has 1 aliphatic carbocycles. The summed E-state index contributed by atoms with van der Waals surface area (Å²) in [5, 5.41) is 12.5. The molecule has 0 radical (unpaired) electrons. The van der Waals surface area contributed by atoms with E-state index in [-0.39, 0.29) is 11.8 Å². The Hall–Kier alpha value is -2.94. The molecular formula is C32H46N2O3. The van der Waals surface area contributed by atoms with Crippen molar-refractivity contribution in [2.75, 3.05) is 12.4 Å². The summed E-state index contributed by atoms with van der Waals surface area (Å²) >= 11 is 0. The van der Waals surface area contributed by atoms with Crippen molar-refractivity contribution < 1.29 is 14.6 Å². The Morgan fingerprint density at radius 1 is 1.16 bits per heavy atom. The van der Waals surface area contributed by atoms with E-state index in [1.807, 2.05) is 45.0 Å². The van der Waals surface area contributed by atoms with Crippen LogP contribution < -0.4 is 5.32 Å². The quantitative estimate of drug-likeness (QED) is 0.160. The van der Waals surface area contributed by atoms with Gasteiger partial charge in [-0.05, 0) is 69.6 Å².